The van der Waals surface area contributed by atoms with Gasteiger partial charge in [-0.25, -0.2) is 4.39 Å². The van der Waals surface area contributed by atoms with Gasteiger partial charge in [-0.2, -0.15) is 0 Å². The summed E-state index contributed by atoms with van der Waals surface area (Å²) >= 11 is 0. The van der Waals surface area contributed by atoms with Crippen LogP contribution in [-0.2, 0) is 0 Å². The van der Waals surface area contributed by atoms with E-state index in [-0.39, 0.29) is 17.9 Å². The maximum Gasteiger partial charge on any atom is 0.247 e. The van der Waals surface area contributed by atoms with Crippen molar-refractivity contribution in [2.45, 2.75) is 19.0 Å². The standard InChI is InChI=1S/C23H20FN3O/c1-16(22-26-27-23(28-22)19-12-14-20(24)15-13-19)25-21(17-8-4-2-5-9-17)18-10-6-3-7-11-18/h2-16,21,25H,1H3. The van der Waals surface area contributed by atoms with Crippen molar-refractivity contribution < 1.29 is 8.81 Å². The number of nitrogens with zero attached hydrogens (tertiary/aromatic N) is 2. The molecule has 4 rings (SSSR count). The van der Waals surface area contributed by atoms with E-state index in [0.29, 0.717) is 17.3 Å². The van der Waals surface area contributed by atoms with Gasteiger partial charge in [-0.05, 0) is 42.3 Å². The fourth-order valence-corrected chi connectivity index (χ4v) is 3.12. The first kappa shape index (κ1) is 18.1. The average molecular weight is 373 g/mol. The molecule has 1 N–H and O–H groups in total. The van der Waals surface area contributed by atoms with Crippen molar-refractivity contribution in [1.82, 2.24) is 15.5 Å². The Hall–Kier alpha value is -3.31. The van der Waals surface area contributed by atoms with Crippen molar-refractivity contribution in [3.63, 3.8) is 0 Å². The van der Waals surface area contributed by atoms with Crippen molar-refractivity contribution in [2.75, 3.05) is 0 Å². The summed E-state index contributed by atoms with van der Waals surface area (Å²) in [4.78, 5) is 0. The first-order chi connectivity index (χ1) is 13.7. The van der Waals surface area contributed by atoms with Gasteiger partial charge in [0.25, 0.3) is 0 Å². The van der Waals surface area contributed by atoms with Gasteiger partial charge < -0.3 is 4.42 Å². The molecule has 1 atom stereocenters. The Labute approximate surface area is 163 Å². The molecule has 28 heavy (non-hydrogen) atoms. The van der Waals surface area contributed by atoms with E-state index in [0.717, 1.165) is 11.1 Å². The highest BCUT2D eigenvalue weighted by atomic mass is 19.1. The highest BCUT2D eigenvalue weighted by Crippen LogP contribution is 2.27. The average Bonchev–Trinajstić information content (AvgIpc) is 3.24. The Morgan fingerprint density at radius 1 is 0.786 bits per heavy atom. The first-order valence-electron chi connectivity index (χ1n) is 9.16. The van der Waals surface area contributed by atoms with E-state index in [1.165, 1.54) is 12.1 Å². The molecule has 0 bridgehead atoms. The van der Waals surface area contributed by atoms with Crippen molar-refractivity contribution in [3.8, 4) is 11.5 Å². The van der Waals surface area contributed by atoms with Crippen LogP contribution in [0.2, 0.25) is 0 Å². The second-order valence-electron chi connectivity index (χ2n) is 6.60. The molecule has 0 radical (unpaired) electrons. The van der Waals surface area contributed by atoms with E-state index in [1.807, 2.05) is 43.3 Å². The zero-order valence-electron chi connectivity index (χ0n) is 15.4. The molecule has 5 heteroatoms. The van der Waals surface area contributed by atoms with Crippen LogP contribution in [0.1, 0.15) is 36.0 Å². The molecule has 4 nitrogen and oxygen atoms in total. The summed E-state index contributed by atoms with van der Waals surface area (Å²) in [6.07, 6.45) is 0. The van der Waals surface area contributed by atoms with Gasteiger partial charge in [-0.1, -0.05) is 60.7 Å². The summed E-state index contributed by atoms with van der Waals surface area (Å²) in [5.74, 6) is 0.558. The van der Waals surface area contributed by atoms with E-state index in [4.69, 9.17) is 4.42 Å². The maximum atomic E-state index is 13.1. The number of benzene rings is 3. The smallest absolute Gasteiger partial charge is 0.247 e. The van der Waals surface area contributed by atoms with Crippen LogP contribution < -0.4 is 5.32 Å². The minimum absolute atomic E-state index is 0.0152. The fraction of sp³-hybridized carbons (Fsp3) is 0.130. The quantitative estimate of drug-likeness (QED) is 0.497. The molecule has 1 heterocycles. The van der Waals surface area contributed by atoms with Crippen LogP contribution in [0.15, 0.2) is 89.3 Å². The molecule has 0 spiro atoms. The molecular weight excluding hydrogens is 353 g/mol. The molecule has 0 aliphatic rings. The van der Waals surface area contributed by atoms with E-state index in [2.05, 4.69) is 39.8 Å². The highest BCUT2D eigenvalue weighted by Gasteiger charge is 2.21. The molecule has 0 saturated heterocycles. The topological polar surface area (TPSA) is 51.0 Å². The summed E-state index contributed by atoms with van der Waals surface area (Å²) in [5, 5.41) is 11.9. The third kappa shape index (κ3) is 4.00. The fourth-order valence-electron chi connectivity index (χ4n) is 3.12. The normalized spacial score (nSPS) is 12.2. The number of rotatable bonds is 6. The van der Waals surface area contributed by atoms with Crippen LogP contribution in [0.25, 0.3) is 11.5 Å². The molecule has 0 fully saturated rings. The minimum Gasteiger partial charge on any atom is -0.419 e. The van der Waals surface area contributed by atoms with Crippen LogP contribution in [0.4, 0.5) is 4.39 Å². The third-order valence-corrected chi connectivity index (χ3v) is 4.58. The summed E-state index contributed by atoms with van der Waals surface area (Å²) in [6.45, 7) is 1.99. The van der Waals surface area contributed by atoms with Gasteiger partial charge in [-0.15, -0.1) is 10.2 Å². The van der Waals surface area contributed by atoms with Crippen molar-refractivity contribution in [1.29, 1.82) is 0 Å². The van der Waals surface area contributed by atoms with Gasteiger partial charge in [0.15, 0.2) is 0 Å². The van der Waals surface area contributed by atoms with Crippen molar-refractivity contribution in [2.24, 2.45) is 0 Å². The number of hydrogen-bond acceptors (Lipinski definition) is 4. The van der Waals surface area contributed by atoms with E-state index in [9.17, 15) is 4.39 Å². The Balaban J connectivity index is 1.58. The molecule has 0 saturated carbocycles. The molecule has 140 valence electrons. The van der Waals surface area contributed by atoms with E-state index in [1.54, 1.807) is 12.1 Å². The van der Waals surface area contributed by atoms with Gasteiger partial charge in [-0.3, -0.25) is 5.32 Å². The summed E-state index contributed by atoms with van der Waals surface area (Å²) in [7, 11) is 0. The van der Waals surface area contributed by atoms with Gasteiger partial charge in [0.1, 0.15) is 5.82 Å². The predicted octanol–water partition coefficient (Wildman–Crippen LogP) is 5.32. The largest absolute Gasteiger partial charge is 0.419 e. The molecule has 4 aromatic rings. The zero-order valence-corrected chi connectivity index (χ0v) is 15.4. The Bertz CT molecular complexity index is 977. The van der Waals surface area contributed by atoms with Crippen LogP contribution >= 0.6 is 0 Å². The van der Waals surface area contributed by atoms with Crippen LogP contribution in [-0.4, -0.2) is 10.2 Å². The zero-order chi connectivity index (χ0) is 19.3. The maximum absolute atomic E-state index is 13.1. The highest BCUT2D eigenvalue weighted by molar-refractivity contribution is 5.52. The Morgan fingerprint density at radius 2 is 1.36 bits per heavy atom. The molecule has 0 aliphatic heterocycles. The molecule has 0 amide bonds. The summed E-state index contributed by atoms with van der Waals surface area (Å²) in [5.41, 5.74) is 2.99. The number of aromatic nitrogens is 2. The molecule has 3 aromatic carbocycles. The lowest BCUT2D eigenvalue weighted by molar-refractivity contribution is 0.403. The Morgan fingerprint density at radius 3 is 1.93 bits per heavy atom. The van der Waals surface area contributed by atoms with Crippen LogP contribution in [0, 0.1) is 5.82 Å². The lowest BCUT2D eigenvalue weighted by atomic mass is 9.98. The lowest BCUT2D eigenvalue weighted by Gasteiger charge is -2.22. The summed E-state index contributed by atoms with van der Waals surface area (Å²) < 4.78 is 19.0. The van der Waals surface area contributed by atoms with Crippen LogP contribution in [0.3, 0.4) is 0 Å². The summed E-state index contributed by atoms with van der Waals surface area (Å²) in [6, 6.07) is 26.3. The second-order valence-corrected chi connectivity index (χ2v) is 6.60. The molecular formula is C23H20FN3O. The number of hydrogen-bond donors (Lipinski definition) is 1. The lowest BCUT2D eigenvalue weighted by Crippen LogP contribution is -2.25. The van der Waals surface area contributed by atoms with E-state index >= 15 is 0 Å². The number of nitrogens with one attached hydrogen (secondary N) is 1. The number of halogens is 1. The monoisotopic (exact) mass is 373 g/mol. The molecule has 0 aliphatic carbocycles. The van der Waals surface area contributed by atoms with Crippen LogP contribution in [0.5, 0.6) is 0 Å². The van der Waals surface area contributed by atoms with E-state index < -0.39 is 0 Å². The van der Waals surface area contributed by atoms with Gasteiger partial charge in [0.2, 0.25) is 11.8 Å². The predicted molar refractivity (Wildman–Crippen MR) is 106 cm³/mol. The third-order valence-electron chi connectivity index (χ3n) is 4.58. The van der Waals surface area contributed by atoms with Crippen molar-refractivity contribution in [3.05, 3.63) is 108 Å². The second kappa shape index (κ2) is 8.15. The SMILES string of the molecule is CC(NC(c1ccccc1)c1ccccc1)c1nnc(-c2ccc(F)cc2)o1. The van der Waals surface area contributed by atoms with Crippen molar-refractivity contribution >= 4 is 0 Å². The molecule has 1 aromatic heterocycles. The molecule has 1 unspecified atom stereocenters. The minimum atomic E-state index is -0.299. The first-order valence-corrected chi connectivity index (χ1v) is 9.16. The Kier molecular flexibility index (Phi) is 5.26. The van der Waals surface area contributed by atoms with Gasteiger partial charge >= 0.3 is 0 Å². The van der Waals surface area contributed by atoms with Gasteiger partial charge in [0, 0.05) is 5.56 Å². The van der Waals surface area contributed by atoms with Gasteiger partial charge in [0.05, 0.1) is 12.1 Å².